The number of hydrogen-bond donors (Lipinski definition) is 2. The molecule has 2 amide bonds. The number of sulfonamides is 1. The van der Waals surface area contributed by atoms with Crippen LogP contribution in [0.1, 0.15) is 36.5 Å². The van der Waals surface area contributed by atoms with Gasteiger partial charge in [0.15, 0.2) is 0 Å². The maximum absolute atomic E-state index is 13.0. The van der Waals surface area contributed by atoms with Crippen molar-refractivity contribution >= 4 is 21.8 Å². The summed E-state index contributed by atoms with van der Waals surface area (Å²) in [6, 6.07) is 10.1. The largest absolute Gasteiger partial charge is 0.416 e. The van der Waals surface area contributed by atoms with E-state index in [1.54, 1.807) is 0 Å². The molecule has 2 aromatic rings. The van der Waals surface area contributed by atoms with E-state index in [1.807, 2.05) is 31.2 Å². The summed E-state index contributed by atoms with van der Waals surface area (Å²) in [5, 5.41) is 5.54. The number of piperidine rings is 1. The number of rotatable bonds is 7. The molecule has 0 radical (unpaired) electrons. The predicted octanol–water partition coefficient (Wildman–Crippen LogP) is 3.03. The van der Waals surface area contributed by atoms with Crippen LogP contribution in [0.15, 0.2) is 53.4 Å². The molecule has 0 saturated carbocycles. The van der Waals surface area contributed by atoms with Crippen LogP contribution in [0, 0.1) is 6.92 Å². The molecule has 1 atom stereocenters. The SMILES string of the molecule is CC(=O)N[C@@H](Cc1cccc(C)c1)C(=O)NC1CCN(S(=O)(=O)c2cccc(C(F)(F)F)c2)CC1. The number of hydrogen-bond acceptors (Lipinski definition) is 4. The fourth-order valence-electron chi connectivity index (χ4n) is 4.05. The molecule has 1 heterocycles. The van der Waals surface area contributed by atoms with Crippen LogP contribution in [-0.2, 0) is 32.2 Å². The summed E-state index contributed by atoms with van der Waals surface area (Å²) in [6.07, 6.45) is -3.76. The van der Waals surface area contributed by atoms with Gasteiger partial charge >= 0.3 is 6.18 Å². The summed E-state index contributed by atoms with van der Waals surface area (Å²) in [6.45, 7) is 3.35. The van der Waals surface area contributed by atoms with Crippen molar-refractivity contribution in [3.8, 4) is 0 Å². The molecule has 2 N–H and O–H groups in total. The van der Waals surface area contributed by atoms with Crippen LogP contribution in [-0.4, -0.2) is 49.7 Å². The summed E-state index contributed by atoms with van der Waals surface area (Å²) >= 11 is 0. The summed E-state index contributed by atoms with van der Waals surface area (Å²) in [4.78, 5) is 24.1. The number of halogens is 3. The van der Waals surface area contributed by atoms with Gasteiger partial charge in [0.1, 0.15) is 6.04 Å². The minimum absolute atomic E-state index is 0.0478. The van der Waals surface area contributed by atoms with Crippen LogP contribution in [0.4, 0.5) is 13.2 Å². The molecule has 0 aromatic heterocycles. The number of nitrogens with zero attached hydrogens (tertiary/aromatic N) is 1. The molecule has 0 spiro atoms. The van der Waals surface area contributed by atoms with Crippen molar-refractivity contribution in [1.82, 2.24) is 14.9 Å². The van der Waals surface area contributed by atoms with Gasteiger partial charge in [0, 0.05) is 32.5 Å². The zero-order chi connectivity index (χ0) is 25.8. The van der Waals surface area contributed by atoms with Crippen LogP contribution < -0.4 is 10.6 Å². The van der Waals surface area contributed by atoms with Gasteiger partial charge in [-0.3, -0.25) is 9.59 Å². The lowest BCUT2D eigenvalue weighted by atomic mass is 10.0. The van der Waals surface area contributed by atoms with E-state index in [1.165, 1.54) is 6.92 Å². The van der Waals surface area contributed by atoms with Crippen molar-refractivity contribution in [3.05, 3.63) is 65.2 Å². The highest BCUT2D eigenvalue weighted by Gasteiger charge is 2.34. The highest BCUT2D eigenvalue weighted by atomic mass is 32.2. The highest BCUT2D eigenvalue weighted by Crippen LogP contribution is 2.31. The molecule has 1 aliphatic heterocycles. The summed E-state index contributed by atoms with van der Waals surface area (Å²) in [5.74, 6) is -0.722. The van der Waals surface area contributed by atoms with Gasteiger partial charge in [-0.05, 0) is 43.5 Å². The van der Waals surface area contributed by atoms with E-state index >= 15 is 0 Å². The molecule has 1 aliphatic rings. The minimum atomic E-state index is -4.65. The topological polar surface area (TPSA) is 95.6 Å². The first kappa shape index (κ1) is 26.7. The number of carbonyl (C=O) groups is 2. The lowest BCUT2D eigenvalue weighted by molar-refractivity contribution is -0.137. The first-order valence-corrected chi connectivity index (χ1v) is 12.6. The molecule has 7 nitrogen and oxygen atoms in total. The van der Waals surface area contributed by atoms with Crippen LogP contribution in [0.25, 0.3) is 0 Å². The zero-order valence-corrected chi connectivity index (χ0v) is 20.2. The Morgan fingerprint density at radius 3 is 2.34 bits per heavy atom. The van der Waals surface area contributed by atoms with Crippen molar-refractivity contribution in [1.29, 1.82) is 0 Å². The zero-order valence-electron chi connectivity index (χ0n) is 19.4. The van der Waals surface area contributed by atoms with Gasteiger partial charge in [-0.15, -0.1) is 0 Å². The Morgan fingerprint density at radius 2 is 1.74 bits per heavy atom. The summed E-state index contributed by atoms with van der Waals surface area (Å²) in [5.41, 5.74) is 0.887. The van der Waals surface area contributed by atoms with Crippen LogP contribution >= 0.6 is 0 Å². The summed E-state index contributed by atoms with van der Waals surface area (Å²) in [7, 11) is -4.11. The molecule has 0 aliphatic carbocycles. The van der Waals surface area contributed by atoms with Crippen molar-refractivity contribution < 1.29 is 31.2 Å². The number of carbonyl (C=O) groups excluding carboxylic acids is 2. The predicted molar refractivity (Wildman–Crippen MR) is 124 cm³/mol. The standard InChI is InChI=1S/C24H28F3N3O4S/c1-16-5-3-6-18(13-16)14-22(28-17(2)31)23(32)29-20-9-11-30(12-10-20)35(33,34)21-8-4-7-19(15-21)24(25,26)27/h3-8,13,15,20,22H,9-12,14H2,1-2H3,(H,28,31)(H,29,32)/t22-/m0/s1. The van der Waals surface area contributed by atoms with Gasteiger partial charge in [-0.1, -0.05) is 35.9 Å². The Kier molecular flexibility index (Phi) is 8.22. The maximum Gasteiger partial charge on any atom is 0.416 e. The molecule has 1 fully saturated rings. The molecule has 2 aromatic carbocycles. The Balaban J connectivity index is 1.63. The van der Waals surface area contributed by atoms with E-state index in [2.05, 4.69) is 10.6 Å². The smallest absolute Gasteiger partial charge is 0.351 e. The Hall–Kier alpha value is -2.92. The van der Waals surface area contributed by atoms with Gasteiger partial charge in [0.2, 0.25) is 21.8 Å². The maximum atomic E-state index is 13.0. The van der Waals surface area contributed by atoms with Crippen molar-refractivity contribution in [3.63, 3.8) is 0 Å². The third kappa shape index (κ3) is 7.04. The number of aryl methyl sites for hydroxylation is 1. The molecule has 190 valence electrons. The lowest BCUT2D eigenvalue weighted by Crippen LogP contribution is -2.53. The first-order valence-electron chi connectivity index (χ1n) is 11.2. The third-order valence-electron chi connectivity index (χ3n) is 5.82. The summed E-state index contributed by atoms with van der Waals surface area (Å²) < 4.78 is 65.9. The third-order valence-corrected chi connectivity index (χ3v) is 7.71. The van der Waals surface area contributed by atoms with E-state index in [0.29, 0.717) is 25.3 Å². The second-order valence-corrected chi connectivity index (χ2v) is 10.6. The monoisotopic (exact) mass is 511 g/mol. The number of benzene rings is 2. The van der Waals surface area contributed by atoms with Crippen molar-refractivity contribution in [2.45, 2.75) is 56.3 Å². The van der Waals surface area contributed by atoms with E-state index in [4.69, 9.17) is 0 Å². The normalized spacial score (nSPS) is 16.5. The minimum Gasteiger partial charge on any atom is -0.351 e. The fraction of sp³-hybridized carbons (Fsp3) is 0.417. The molecule has 0 unspecified atom stereocenters. The Bertz CT molecular complexity index is 1180. The molecule has 0 bridgehead atoms. The van der Waals surface area contributed by atoms with Crippen LogP contribution in [0.2, 0.25) is 0 Å². The lowest BCUT2D eigenvalue weighted by Gasteiger charge is -2.32. The number of alkyl halides is 3. The van der Waals surface area contributed by atoms with E-state index in [9.17, 15) is 31.2 Å². The molecule has 1 saturated heterocycles. The second kappa shape index (κ2) is 10.8. The molecule has 3 rings (SSSR count). The molecule has 35 heavy (non-hydrogen) atoms. The van der Waals surface area contributed by atoms with Crippen LogP contribution in [0.3, 0.4) is 0 Å². The van der Waals surface area contributed by atoms with Crippen LogP contribution in [0.5, 0.6) is 0 Å². The molecular formula is C24H28F3N3O4S. The number of amides is 2. The van der Waals surface area contributed by atoms with Gasteiger partial charge in [0.25, 0.3) is 0 Å². The first-order chi connectivity index (χ1) is 16.4. The second-order valence-electron chi connectivity index (χ2n) is 8.66. The Morgan fingerprint density at radius 1 is 1.09 bits per heavy atom. The van der Waals surface area contributed by atoms with Gasteiger partial charge in [-0.2, -0.15) is 17.5 Å². The quantitative estimate of drug-likeness (QED) is 0.598. The average Bonchev–Trinajstić information content (AvgIpc) is 2.78. The van der Waals surface area contributed by atoms with Crippen molar-refractivity contribution in [2.75, 3.05) is 13.1 Å². The van der Waals surface area contributed by atoms with Gasteiger partial charge < -0.3 is 10.6 Å². The van der Waals surface area contributed by atoms with E-state index in [-0.39, 0.29) is 30.9 Å². The molecule has 11 heteroatoms. The van der Waals surface area contributed by atoms with Gasteiger partial charge in [-0.25, -0.2) is 8.42 Å². The van der Waals surface area contributed by atoms with Gasteiger partial charge in [0.05, 0.1) is 10.5 Å². The van der Waals surface area contributed by atoms with E-state index < -0.39 is 32.7 Å². The fourth-order valence-corrected chi connectivity index (χ4v) is 5.57. The Labute approximate surface area is 202 Å². The van der Waals surface area contributed by atoms with E-state index in [0.717, 1.165) is 33.6 Å². The highest BCUT2D eigenvalue weighted by molar-refractivity contribution is 7.89. The average molecular weight is 512 g/mol. The molecular weight excluding hydrogens is 483 g/mol. The number of nitrogens with one attached hydrogen (secondary N) is 2. The van der Waals surface area contributed by atoms with Crippen molar-refractivity contribution in [2.24, 2.45) is 0 Å².